The van der Waals surface area contributed by atoms with Crippen LogP contribution in [0.2, 0.25) is 0 Å². The lowest BCUT2D eigenvalue weighted by Gasteiger charge is -2.14. The molecule has 3 heterocycles. The van der Waals surface area contributed by atoms with Crippen LogP contribution >= 0.6 is 0 Å². The Morgan fingerprint density at radius 2 is 1.04 bits per heavy atom. The largest absolute Gasteiger partial charge is 0.456 e. The van der Waals surface area contributed by atoms with E-state index < -0.39 is 0 Å². The van der Waals surface area contributed by atoms with Crippen molar-refractivity contribution >= 4 is 65.3 Å². The second-order valence-electron chi connectivity index (χ2n) is 13.4. The van der Waals surface area contributed by atoms with E-state index in [1.807, 2.05) is 30.3 Å². The topological polar surface area (TPSA) is 43.9 Å². The summed E-state index contributed by atoms with van der Waals surface area (Å²) in [5, 5.41) is 9.37. The van der Waals surface area contributed by atoms with E-state index >= 15 is 0 Å². The van der Waals surface area contributed by atoms with Gasteiger partial charge in [-0.3, -0.25) is 0 Å². The molecule has 52 heavy (non-hydrogen) atoms. The summed E-state index contributed by atoms with van der Waals surface area (Å²) in [6, 6.07) is 62.0. The van der Waals surface area contributed by atoms with Crippen molar-refractivity contribution in [1.29, 1.82) is 0 Å². The molecule has 0 saturated carbocycles. The van der Waals surface area contributed by atoms with Gasteiger partial charge in [-0.1, -0.05) is 127 Å². The fraction of sp³-hybridized carbons (Fsp3) is 0. The third-order valence-electron chi connectivity index (χ3n) is 10.3. The fourth-order valence-electron chi connectivity index (χ4n) is 7.88. The molecule has 11 rings (SSSR count). The van der Waals surface area contributed by atoms with Gasteiger partial charge in [0, 0.05) is 32.8 Å². The first-order valence-corrected chi connectivity index (χ1v) is 17.6. The zero-order valence-corrected chi connectivity index (χ0v) is 28.0. The summed E-state index contributed by atoms with van der Waals surface area (Å²) < 4.78 is 9.08. The van der Waals surface area contributed by atoms with Crippen molar-refractivity contribution < 1.29 is 4.42 Å². The van der Waals surface area contributed by atoms with Crippen LogP contribution in [0.4, 0.5) is 0 Å². The molecular weight excluding hydrogens is 635 g/mol. The molecule has 0 unspecified atom stereocenters. The van der Waals surface area contributed by atoms with E-state index in [0.29, 0.717) is 5.82 Å². The highest BCUT2D eigenvalue weighted by Gasteiger charge is 2.21. The number of nitrogens with zero attached hydrogens (tertiary/aromatic N) is 3. The number of hydrogen-bond acceptors (Lipinski definition) is 3. The summed E-state index contributed by atoms with van der Waals surface area (Å²) in [5.74, 6) is 0.677. The Bertz CT molecular complexity index is 3190. The summed E-state index contributed by atoms with van der Waals surface area (Å²) in [4.78, 5) is 10.4. The molecule has 242 valence electrons. The van der Waals surface area contributed by atoms with E-state index in [2.05, 4.69) is 150 Å². The van der Waals surface area contributed by atoms with E-state index in [1.54, 1.807) is 0 Å². The SMILES string of the molecule is c1ccc(-c2nc(-c3ccc4ccccc4c3)cc(-c3cc(-n4c5ccccc5c5cc6ccccc6cc54)c4c(c3)oc3ccccc34)n2)cc1. The van der Waals surface area contributed by atoms with E-state index in [9.17, 15) is 0 Å². The summed E-state index contributed by atoms with van der Waals surface area (Å²) in [6.45, 7) is 0. The molecular formula is C48H29N3O. The van der Waals surface area contributed by atoms with Crippen LogP contribution < -0.4 is 0 Å². The van der Waals surface area contributed by atoms with Gasteiger partial charge in [-0.2, -0.15) is 0 Å². The number of hydrogen-bond donors (Lipinski definition) is 0. The molecule has 0 aliphatic heterocycles. The number of fused-ring (bicyclic) bond motifs is 8. The van der Waals surface area contributed by atoms with Crippen molar-refractivity contribution in [2.45, 2.75) is 0 Å². The molecule has 4 heteroatoms. The molecule has 0 N–H and O–H groups in total. The van der Waals surface area contributed by atoms with Crippen LogP contribution in [0.3, 0.4) is 0 Å². The van der Waals surface area contributed by atoms with Crippen molar-refractivity contribution in [2.24, 2.45) is 0 Å². The van der Waals surface area contributed by atoms with Gasteiger partial charge in [0.1, 0.15) is 11.2 Å². The molecule has 3 aromatic heterocycles. The van der Waals surface area contributed by atoms with Crippen LogP contribution in [0.1, 0.15) is 0 Å². The average molecular weight is 664 g/mol. The smallest absolute Gasteiger partial charge is 0.160 e. The third-order valence-corrected chi connectivity index (χ3v) is 10.3. The Hall–Kier alpha value is -7.04. The molecule has 11 aromatic rings. The summed E-state index contributed by atoms with van der Waals surface area (Å²) >= 11 is 0. The molecule has 0 aliphatic rings. The average Bonchev–Trinajstić information content (AvgIpc) is 3.75. The van der Waals surface area contributed by atoms with Gasteiger partial charge in [0.25, 0.3) is 0 Å². The first kappa shape index (κ1) is 28.8. The van der Waals surface area contributed by atoms with E-state index in [1.165, 1.54) is 32.3 Å². The van der Waals surface area contributed by atoms with Crippen molar-refractivity contribution in [1.82, 2.24) is 14.5 Å². The molecule has 0 fully saturated rings. The Kier molecular flexibility index (Phi) is 6.22. The van der Waals surface area contributed by atoms with Crippen molar-refractivity contribution in [3.05, 3.63) is 176 Å². The second kappa shape index (κ2) is 11.2. The Morgan fingerprint density at radius 3 is 1.87 bits per heavy atom. The van der Waals surface area contributed by atoms with Crippen LogP contribution in [0.15, 0.2) is 180 Å². The minimum Gasteiger partial charge on any atom is -0.456 e. The minimum absolute atomic E-state index is 0.677. The first-order chi connectivity index (χ1) is 25.7. The van der Waals surface area contributed by atoms with Crippen molar-refractivity contribution in [3.63, 3.8) is 0 Å². The van der Waals surface area contributed by atoms with Gasteiger partial charge in [-0.25, -0.2) is 9.97 Å². The number of aromatic nitrogens is 3. The van der Waals surface area contributed by atoms with E-state index in [4.69, 9.17) is 14.4 Å². The van der Waals surface area contributed by atoms with Gasteiger partial charge >= 0.3 is 0 Å². The van der Waals surface area contributed by atoms with Gasteiger partial charge in [-0.05, 0) is 70.1 Å². The molecule has 0 bridgehead atoms. The molecule has 8 aromatic carbocycles. The third kappa shape index (κ3) is 4.48. The van der Waals surface area contributed by atoms with Gasteiger partial charge in [0.2, 0.25) is 0 Å². The predicted molar refractivity (Wildman–Crippen MR) is 215 cm³/mol. The number of rotatable bonds is 4. The van der Waals surface area contributed by atoms with Crippen molar-refractivity contribution in [2.75, 3.05) is 0 Å². The maximum absolute atomic E-state index is 6.67. The molecule has 0 radical (unpaired) electrons. The molecule has 0 aliphatic carbocycles. The van der Waals surface area contributed by atoms with Gasteiger partial charge in [0.15, 0.2) is 5.82 Å². The minimum atomic E-state index is 0.677. The molecule has 0 amide bonds. The zero-order chi connectivity index (χ0) is 34.2. The highest BCUT2D eigenvalue weighted by Crippen LogP contribution is 2.42. The zero-order valence-electron chi connectivity index (χ0n) is 28.0. The van der Waals surface area contributed by atoms with Crippen molar-refractivity contribution in [3.8, 4) is 39.6 Å². The highest BCUT2D eigenvalue weighted by molar-refractivity contribution is 6.17. The molecule has 4 nitrogen and oxygen atoms in total. The molecule has 0 spiro atoms. The van der Waals surface area contributed by atoms with Gasteiger partial charge in [0.05, 0.1) is 33.5 Å². The molecule has 0 saturated heterocycles. The second-order valence-corrected chi connectivity index (χ2v) is 13.4. The molecule has 0 atom stereocenters. The quantitative estimate of drug-likeness (QED) is 0.188. The summed E-state index contributed by atoms with van der Waals surface area (Å²) in [5.41, 5.74) is 9.65. The number of para-hydroxylation sites is 2. The maximum Gasteiger partial charge on any atom is 0.160 e. The number of furan rings is 1. The summed E-state index contributed by atoms with van der Waals surface area (Å²) in [7, 11) is 0. The predicted octanol–water partition coefficient (Wildman–Crippen LogP) is 12.8. The lowest BCUT2D eigenvalue weighted by atomic mass is 10.0. The Morgan fingerprint density at radius 1 is 0.385 bits per heavy atom. The van der Waals surface area contributed by atoms with Gasteiger partial charge < -0.3 is 8.98 Å². The highest BCUT2D eigenvalue weighted by atomic mass is 16.3. The lowest BCUT2D eigenvalue weighted by molar-refractivity contribution is 0.669. The number of benzene rings is 8. The lowest BCUT2D eigenvalue weighted by Crippen LogP contribution is -1.99. The fourth-order valence-corrected chi connectivity index (χ4v) is 7.88. The monoisotopic (exact) mass is 663 g/mol. The van der Waals surface area contributed by atoms with Crippen LogP contribution in [-0.2, 0) is 0 Å². The summed E-state index contributed by atoms with van der Waals surface area (Å²) in [6.07, 6.45) is 0. The first-order valence-electron chi connectivity index (χ1n) is 17.6. The van der Waals surface area contributed by atoms with E-state index in [0.717, 1.165) is 66.7 Å². The van der Waals surface area contributed by atoms with Crippen LogP contribution in [0, 0.1) is 0 Å². The van der Waals surface area contributed by atoms with Crippen LogP contribution in [0.5, 0.6) is 0 Å². The maximum atomic E-state index is 6.67. The van der Waals surface area contributed by atoms with Crippen LogP contribution in [0.25, 0.3) is 105 Å². The normalized spacial score (nSPS) is 11.8. The Balaban J connectivity index is 1.23. The Labute approximate surface area is 298 Å². The van der Waals surface area contributed by atoms with Gasteiger partial charge in [-0.15, -0.1) is 0 Å². The van der Waals surface area contributed by atoms with E-state index in [-0.39, 0.29) is 0 Å². The van der Waals surface area contributed by atoms with Crippen LogP contribution in [-0.4, -0.2) is 14.5 Å². The standard InChI is InChI=1S/C48H29N3O/c1-2-13-31(14-3-1)48-49-40(35-23-22-30-12-4-5-15-32(30)24-35)29-41(50-48)36-27-44(47-38-19-9-11-21-45(38)52-46(47)28-36)51-42-20-10-8-18-37(42)39-25-33-16-6-7-17-34(33)26-43(39)51/h1-29H.